The van der Waals surface area contributed by atoms with Gasteiger partial charge in [0.25, 0.3) is 0 Å². The van der Waals surface area contributed by atoms with Crippen molar-refractivity contribution in [2.45, 2.75) is 25.7 Å². The molecule has 4 nitrogen and oxygen atoms in total. The first kappa shape index (κ1) is 18.1. The van der Waals surface area contributed by atoms with Gasteiger partial charge in [0, 0.05) is 12.5 Å². The molecule has 2 aromatic heterocycles. The van der Waals surface area contributed by atoms with E-state index in [-0.39, 0.29) is 6.42 Å². The van der Waals surface area contributed by atoms with Crippen LogP contribution in [-0.2, 0) is 4.79 Å². The molecule has 2 heterocycles. The molecular weight excluding hydrogens is 346 g/mol. The minimum atomic E-state index is -0.747. The van der Waals surface area contributed by atoms with E-state index in [4.69, 9.17) is 9.84 Å². The normalized spacial score (nSPS) is 10.6. The Balaban J connectivity index is 1.72. The number of carbonyl (C=O) groups is 1. The topological polar surface area (TPSA) is 59.4 Å². The lowest BCUT2D eigenvalue weighted by Crippen LogP contribution is -2.01. The van der Waals surface area contributed by atoms with Crippen molar-refractivity contribution in [3.05, 3.63) is 60.0 Å². The molecule has 0 spiro atoms. The largest absolute Gasteiger partial charge is 0.481 e. The van der Waals surface area contributed by atoms with E-state index in [0.717, 1.165) is 34.5 Å². The number of carboxylic acid groups (broad SMARTS) is 1. The first-order chi connectivity index (χ1) is 12.7. The van der Waals surface area contributed by atoms with Crippen LogP contribution < -0.4 is 4.74 Å². The Kier molecular flexibility index (Phi) is 6.39. The van der Waals surface area contributed by atoms with Crippen LogP contribution in [0.25, 0.3) is 21.7 Å². The molecule has 0 bridgehead atoms. The number of thiophene rings is 1. The van der Waals surface area contributed by atoms with Gasteiger partial charge in [0.2, 0.25) is 5.88 Å². The summed E-state index contributed by atoms with van der Waals surface area (Å²) in [4.78, 5) is 16.3. The lowest BCUT2D eigenvalue weighted by molar-refractivity contribution is -0.137. The highest BCUT2D eigenvalue weighted by Gasteiger charge is 2.08. The molecule has 134 valence electrons. The number of hydrogen-bond acceptors (Lipinski definition) is 4. The van der Waals surface area contributed by atoms with Gasteiger partial charge >= 0.3 is 5.97 Å². The maximum Gasteiger partial charge on any atom is 0.303 e. The van der Waals surface area contributed by atoms with Crippen molar-refractivity contribution in [3.8, 4) is 27.6 Å². The van der Waals surface area contributed by atoms with Gasteiger partial charge in [0.1, 0.15) is 0 Å². The summed E-state index contributed by atoms with van der Waals surface area (Å²) in [6.45, 7) is 0.536. The maximum absolute atomic E-state index is 10.5. The van der Waals surface area contributed by atoms with Crippen LogP contribution in [0.4, 0.5) is 0 Å². The summed E-state index contributed by atoms with van der Waals surface area (Å²) in [5.41, 5.74) is 3.10. The van der Waals surface area contributed by atoms with Crippen LogP contribution in [0, 0.1) is 0 Å². The Morgan fingerprint density at radius 1 is 1.00 bits per heavy atom. The first-order valence-corrected chi connectivity index (χ1v) is 9.56. The molecule has 0 saturated carbocycles. The van der Waals surface area contributed by atoms with Crippen molar-refractivity contribution in [2.75, 3.05) is 6.61 Å². The van der Waals surface area contributed by atoms with E-state index in [2.05, 4.69) is 29.2 Å². The predicted octanol–water partition coefficient (Wildman–Crippen LogP) is 5.50. The Bertz CT molecular complexity index is 832. The third-order valence-electron chi connectivity index (χ3n) is 3.97. The molecule has 0 aliphatic carbocycles. The Morgan fingerprint density at radius 3 is 2.58 bits per heavy atom. The van der Waals surface area contributed by atoms with Crippen molar-refractivity contribution in [3.63, 3.8) is 0 Å². The van der Waals surface area contributed by atoms with E-state index in [0.29, 0.717) is 18.9 Å². The van der Waals surface area contributed by atoms with Gasteiger partial charge in [-0.1, -0.05) is 36.4 Å². The molecule has 3 rings (SSSR count). The third-order valence-corrected chi connectivity index (χ3v) is 4.86. The molecule has 0 aliphatic heterocycles. The van der Waals surface area contributed by atoms with Crippen molar-refractivity contribution in [1.82, 2.24) is 4.98 Å². The Hall–Kier alpha value is -2.66. The van der Waals surface area contributed by atoms with Gasteiger partial charge in [-0.3, -0.25) is 4.79 Å². The fraction of sp³-hybridized carbons (Fsp3) is 0.238. The van der Waals surface area contributed by atoms with Crippen molar-refractivity contribution in [1.29, 1.82) is 0 Å². The number of rotatable bonds is 9. The van der Waals surface area contributed by atoms with E-state index >= 15 is 0 Å². The number of nitrogens with zero attached hydrogens (tertiary/aromatic N) is 1. The molecule has 3 aromatic rings. The minimum absolute atomic E-state index is 0.213. The molecule has 0 unspecified atom stereocenters. The SMILES string of the molecule is O=C(O)CCCCCOc1cc(-c2ccccc2)cc(-c2cccs2)n1. The standard InChI is InChI=1S/C21H21NO3S/c23-21(24)11-5-2-6-12-25-20-15-17(16-8-3-1-4-9-16)14-18(22-20)19-10-7-13-26-19/h1,3-4,7-10,13-15H,2,5-6,11-12H2,(H,23,24). The van der Waals surface area contributed by atoms with Crippen LogP contribution in [-0.4, -0.2) is 22.7 Å². The average Bonchev–Trinajstić information content (AvgIpc) is 3.20. The average molecular weight is 367 g/mol. The predicted molar refractivity (Wildman–Crippen MR) is 105 cm³/mol. The van der Waals surface area contributed by atoms with Crippen molar-refractivity contribution >= 4 is 17.3 Å². The van der Waals surface area contributed by atoms with Crippen molar-refractivity contribution < 1.29 is 14.6 Å². The fourth-order valence-corrected chi connectivity index (χ4v) is 3.34. The third kappa shape index (κ3) is 5.17. The molecule has 0 fully saturated rings. The summed E-state index contributed by atoms with van der Waals surface area (Å²) < 4.78 is 5.86. The summed E-state index contributed by atoms with van der Waals surface area (Å²) in [7, 11) is 0. The number of aliphatic carboxylic acids is 1. The minimum Gasteiger partial charge on any atom is -0.481 e. The van der Waals surface area contributed by atoms with E-state index in [1.165, 1.54) is 0 Å². The highest BCUT2D eigenvalue weighted by atomic mass is 32.1. The summed E-state index contributed by atoms with van der Waals surface area (Å²) in [5, 5.41) is 10.7. The van der Waals surface area contributed by atoms with E-state index in [1.54, 1.807) is 11.3 Å². The molecule has 0 aliphatic rings. The van der Waals surface area contributed by atoms with Gasteiger partial charge in [-0.2, -0.15) is 0 Å². The number of carboxylic acids is 1. The zero-order valence-corrected chi connectivity index (χ0v) is 15.2. The molecule has 5 heteroatoms. The lowest BCUT2D eigenvalue weighted by atomic mass is 10.1. The molecule has 26 heavy (non-hydrogen) atoms. The zero-order valence-electron chi connectivity index (χ0n) is 14.4. The number of pyridine rings is 1. The molecule has 0 radical (unpaired) electrons. The molecule has 0 saturated heterocycles. The second kappa shape index (κ2) is 9.15. The van der Waals surface area contributed by atoms with Gasteiger partial charge in [-0.05, 0) is 47.9 Å². The summed E-state index contributed by atoms with van der Waals surface area (Å²) in [6.07, 6.45) is 2.54. The summed E-state index contributed by atoms with van der Waals surface area (Å²) in [5.74, 6) is -0.142. The first-order valence-electron chi connectivity index (χ1n) is 8.68. The summed E-state index contributed by atoms with van der Waals surface area (Å²) in [6, 6.07) is 18.3. The van der Waals surface area contributed by atoms with E-state index in [1.807, 2.05) is 35.7 Å². The van der Waals surface area contributed by atoms with Crippen LogP contribution in [0.1, 0.15) is 25.7 Å². The zero-order chi connectivity index (χ0) is 18.2. The monoisotopic (exact) mass is 367 g/mol. The lowest BCUT2D eigenvalue weighted by Gasteiger charge is -2.10. The molecule has 0 atom stereocenters. The number of benzene rings is 1. The molecular formula is C21H21NO3S. The Morgan fingerprint density at radius 2 is 1.85 bits per heavy atom. The Labute approximate surface area is 157 Å². The molecule has 1 aromatic carbocycles. The smallest absolute Gasteiger partial charge is 0.303 e. The number of aromatic nitrogens is 1. The quantitative estimate of drug-likeness (QED) is 0.507. The van der Waals surface area contributed by atoms with Gasteiger partial charge in [0.15, 0.2) is 0 Å². The van der Waals surface area contributed by atoms with Gasteiger partial charge in [-0.25, -0.2) is 4.98 Å². The number of hydrogen-bond donors (Lipinski definition) is 1. The fourth-order valence-electron chi connectivity index (χ4n) is 2.66. The van der Waals surface area contributed by atoms with E-state index < -0.39 is 5.97 Å². The van der Waals surface area contributed by atoms with Gasteiger partial charge < -0.3 is 9.84 Å². The molecule has 0 amide bonds. The van der Waals surface area contributed by atoms with Crippen LogP contribution in [0.3, 0.4) is 0 Å². The second-order valence-electron chi connectivity index (χ2n) is 5.98. The van der Waals surface area contributed by atoms with Gasteiger partial charge in [0.05, 0.1) is 17.2 Å². The molecule has 1 N–H and O–H groups in total. The van der Waals surface area contributed by atoms with Crippen LogP contribution >= 0.6 is 11.3 Å². The van der Waals surface area contributed by atoms with Crippen LogP contribution in [0.2, 0.25) is 0 Å². The van der Waals surface area contributed by atoms with Gasteiger partial charge in [-0.15, -0.1) is 11.3 Å². The van der Waals surface area contributed by atoms with Crippen molar-refractivity contribution in [2.24, 2.45) is 0 Å². The number of unbranched alkanes of at least 4 members (excludes halogenated alkanes) is 2. The van der Waals surface area contributed by atoms with E-state index in [9.17, 15) is 4.79 Å². The second-order valence-corrected chi connectivity index (χ2v) is 6.92. The number of ether oxygens (including phenoxy) is 1. The highest BCUT2D eigenvalue weighted by Crippen LogP contribution is 2.30. The highest BCUT2D eigenvalue weighted by molar-refractivity contribution is 7.13. The van der Waals surface area contributed by atoms with Crippen LogP contribution in [0.5, 0.6) is 5.88 Å². The van der Waals surface area contributed by atoms with Crippen LogP contribution in [0.15, 0.2) is 60.0 Å². The maximum atomic E-state index is 10.5. The summed E-state index contributed by atoms with van der Waals surface area (Å²) >= 11 is 1.65.